The summed E-state index contributed by atoms with van der Waals surface area (Å²) in [5.41, 5.74) is 5.40. The first-order valence-electron chi connectivity index (χ1n) is 8.40. The first-order valence-corrected chi connectivity index (χ1v) is 8.40. The molecule has 3 aromatic rings. The predicted octanol–water partition coefficient (Wildman–Crippen LogP) is 4.84. The maximum Gasteiger partial charge on any atom is 0.224 e. The quantitative estimate of drug-likeness (QED) is 0.726. The fourth-order valence-corrected chi connectivity index (χ4v) is 2.62. The highest BCUT2D eigenvalue weighted by Gasteiger charge is 2.10. The van der Waals surface area contributed by atoms with E-state index in [-0.39, 0.29) is 5.91 Å². The predicted molar refractivity (Wildman–Crippen MR) is 99.5 cm³/mol. The van der Waals surface area contributed by atoms with E-state index in [1.54, 1.807) is 6.20 Å². The highest BCUT2D eigenvalue weighted by atomic mass is 16.4. The summed E-state index contributed by atoms with van der Waals surface area (Å²) in [6.07, 6.45) is 2.53. The van der Waals surface area contributed by atoms with Crippen molar-refractivity contribution in [1.29, 1.82) is 0 Å². The zero-order chi connectivity index (χ0) is 17.8. The van der Waals surface area contributed by atoms with Crippen LogP contribution >= 0.6 is 0 Å². The Bertz CT molecular complexity index is 896. The number of anilines is 1. The molecule has 4 nitrogen and oxygen atoms in total. The standard InChI is InChI=1S/C21H22N2O2/c1-14-5-4-6-18(11-14)23-20(24)9-10-21-22-13-19(25-21)17-8-7-15(2)16(3)12-17/h4-8,11-13H,9-10H2,1-3H3,(H,23,24). The minimum atomic E-state index is -0.0449. The molecule has 0 spiro atoms. The molecule has 0 saturated heterocycles. The van der Waals surface area contributed by atoms with Gasteiger partial charge in [0.1, 0.15) is 0 Å². The van der Waals surface area contributed by atoms with E-state index >= 15 is 0 Å². The summed E-state index contributed by atoms with van der Waals surface area (Å²) < 4.78 is 5.79. The monoisotopic (exact) mass is 334 g/mol. The van der Waals surface area contributed by atoms with Gasteiger partial charge < -0.3 is 9.73 Å². The molecule has 128 valence electrons. The molecule has 1 aromatic heterocycles. The van der Waals surface area contributed by atoms with Gasteiger partial charge in [-0.3, -0.25) is 4.79 Å². The van der Waals surface area contributed by atoms with Crippen molar-refractivity contribution in [2.75, 3.05) is 5.32 Å². The maximum absolute atomic E-state index is 12.1. The van der Waals surface area contributed by atoms with Crippen LogP contribution in [0.1, 0.15) is 29.0 Å². The summed E-state index contributed by atoms with van der Waals surface area (Å²) in [6, 6.07) is 13.9. The molecule has 0 unspecified atom stereocenters. The van der Waals surface area contributed by atoms with Crippen LogP contribution in [0.15, 0.2) is 53.1 Å². The van der Waals surface area contributed by atoms with Crippen LogP contribution in [0.4, 0.5) is 5.69 Å². The van der Waals surface area contributed by atoms with Crippen LogP contribution < -0.4 is 5.32 Å². The van der Waals surface area contributed by atoms with Gasteiger partial charge in [0.05, 0.1) is 6.20 Å². The first-order chi connectivity index (χ1) is 12.0. The number of carbonyl (C=O) groups is 1. The number of oxazole rings is 1. The molecule has 1 amide bonds. The van der Waals surface area contributed by atoms with Crippen LogP contribution in [0, 0.1) is 20.8 Å². The smallest absolute Gasteiger partial charge is 0.224 e. The number of nitrogens with one attached hydrogen (secondary N) is 1. The Kier molecular flexibility index (Phi) is 4.98. The van der Waals surface area contributed by atoms with Crippen molar-refractivity contribution in [3.63, 3.8) is 0 Å². The molecule has 0 atom stereocenters. The summed E-state index contributed by atoms with van der Waals surface area (Å²) in [4.78, 5) is 16.4. The van der Waals surface area contributed by atoms with Crippen LogP contribution in [-0.4, -0.2) is 10.9 Å². The third-order valence-electron chi connectivity index (χ3n) is 4.21. The number of hydrogen-bond acceptors (Lipinski definition) is 3. The third-order valence-corrected chi connectivity index (χ3v) is 4.21. The summed E-state index contributed by atoms with van der Waals surface area (Å²) >= 11 is 0. The van der Waals surface area contributed by atoms with E-state index in [1.807, 2.05) is 37.3 Å². The van der Waals surface area contributed by atoms with Gasteiger partial charge in [-0.25, -0.2) is 4.98 Å². The van der Waals surface area contributed by atoms with E-state index in [0.717, 1.165) is 22.6 Å². The topological polar surface area (TPSA) is 55.1 Å². The molecular formula is C21H22N2O2. The lowest BCUT2D eigenvalue weighted by atomic mass is 10.1. The van der Waals surface area contributed by atoms with Crippen molar-refractivity contribution in [1.82, 2.24) is 4.98 Å². The molecule has 0 fully saturated rings. The van der Waals surface area contributed by atoms with Gasteiger partial charge in [0.25, 0.3) is 0 Å². The van der Waals surface area contributed by atoms with Gasteiger partial charge in [-0.2, -0.15) is 0 Å². The van der Waals surface area contributed by atoms with Crippen molar-refractivity contribution < 1.29 is 9.21 Å². The fraction of sp³-hybridized carbons (Fsp3) is 0.238. The number of nitrogens with zero attached hydrogens (tertiary/aromatic N) is 1. The summed E-state index contributed by atoms with van der Waals surface area (Å²) in [6.45, 7) is 6.15. The zero-order valence-electron chi connectivity index (χ0n) is 14.8. The maximum atomic E-state index is 12.1. The van der Waals surface area contributed by atoms with E-state index in [4.69, 9.17) is 4.42 Å². The number of hydrogen-bond donors (Lipinski definition) is 1. The summed E-state index contributed by atoms with van der Waals surface area (Å²) in [7, 11) is 0. The number of benzene rings is 2. The van der Waals surface area contributed by atoms with Gasteiger partial charge in [0.15, 0.2) is 11.7 Å². The fourth-order valence-electron chi connectivity index (χ4n) is 2.62. The molecule has 1 N–H and O–H groups in total. The number of amides is 1. The number of carbonyl (C=O) groups excluding carboxylic acids is 1. The van der Waals surface area contributed by atoms with E-state index in [1.165, 1.54) is 11.1 Å². The van der Waals surface area contributed by atoms with Gasteiger partial charge >= 0.3 is 0 Å². The van der Waals surface area contributed by atoms with Crippen molar-refractivity contribution >= 4 is 11.6 Å². The van der Waals surface area contributed by atoms with Gasteiger partial charge in [0, 0.05) is 24.1 Å². The highest BCUT2D eigenvalue weighted by molar-refractivity contribution is 5.90. The van der Waals surface area contributed by atoms with E-state index in [2.05, 4.69) is 36.3 Å². The summed E-state index contributed by atoms with van der Waals surface area (Å²) in [5, 5.41) is 2.90. The lowest BCUT2D eigenvalue weighted by Crippen LogP contribution is -2.12. The Morgan fingerprint density at radius 2 is 1.92 bits per heavy atom. The van der Waals surface area contributed by atoms with Crippen molar-refractivity contribution in [2.45, 2.75) is 33.6 Å². The molecule has 0 aliphatic heterocycles. The average Bonchev–Trinajstić information content (AvgIpc) is 3.04. The van der Waals surface area contributed by atoms with Gasteiger partial charge in [0.2, 0.25) is 5.91 Å². The normalized spacial score (nSPS) is 10.7. The first kappa shape index (κ1) is 17.0. The molecule has 2 aromatic carbocycles. The van der Waals surface area contributed by atoms with E-state index in [9.17, 15) is 4.79 Å². The SMILES string of the molecule is Cc1cccc(NC(=O)CCc2ncc(-c3ccc(C)c(C)c3)o2)c1. The minimum absolute atomic E-state index is 0.0449. The van der Waals surface area contributed by atoms with Crippen molar-refractivity contribution in [3.8, 4) is 11.3 Å². The van der Waals surface area contributed by atoms with E-state index < -0.39 is 0 Å². The minimum Gasteiger partial charge on any atom is -0.441 e. The molecule has 0 aliphatic carbocycles. The Balaban J connectivity index is 1.59. The molecule has 0 radical (unpaired) electrons. The molecular weight excluding hydrogens is 312 g/mol. The Morgan fingerprint density at radius 3 is 2.68 bits per heavy atom. The number of rotatable bonds is 5. The van der Waals surface area contributed by atoms with Gasteiger partial charge in [-0.15, -0.1) is 0 Å². The number of aryl methyl sites for hydroxylation is 4. The highest BCUT2D eigenvalue weighted by Crippen LogP contribution is 2.23. The largest absolute Gasteiger partial charge is 0.441 e. The number of aromatic nitrogens is 1. The molecule has 25 heavy (non-hydrogen) atoms. The van der Waals surface area contributed by atoms with Crippen LogP contribution in [0.3, 0.4) is 0 Å². The Labute approximate surface area is 147 Å². The van der Waals surface area contributed by atoms with Gasteiger partial charge in [-0.05, 0) is 55.7 Å². The second-order valence-electron chi connectivity index (χ2n) is 6.33. The van der Waals surface area contributed by atoms with E-state index in [0.29, 0.717) is 18.7 Å². The summed E-state index contributed by atoms with van der Waals surface area (Å²) in [5.74, 6) is 1.27. The molecule has 0 bridgehead atoms. The lowest BCUT2D eigenvalue weighted by molar-refractivity contribution is -0.116. The molecule has 4 heteroatoms. The second-order valence-corrected chi connectivity index (χ2v) is 6.33. The Hall–Kier alpha value is -2.88. The lowest BCUT2D eigenvalue weighted by Gasteiger charge is -2.05. The van der Waals surface area contributed by atoms with Crippen LogP contribution in [0.25, 0.3) is 11.3 Å². The van der Waals surface area contributed by atoms with Crippen LogP contribution in [-0.2, 0) is 11.2 Å². The molecule has 0 saturated carbocycles. The van der Waals surface area contributed by atoms with Crippen molar-refractivity contribution in [3.05, 3.63) is 71.2 Å². The van der Waals surface area contributed by atoms with Crippen LogP contribution in [0.5, 0.6) is 0 Å². The van der Waals surface area contributed by atoms with Gasteiger partial charge in [-0.1, -0.05) is 24.3 Å². The third kappa shape index (κ3) is 4.35. The zero-order valence-corrected chi connectivity index (χ0v) is 14.8. The van der Waals surface area contributed by atoms with Crippen molar-refractivity contribution in [2.24, 2.45) is 0 Å². The molecule has 3 rings (SSSR count). The molecule has 1 heterocycles. The van der Waals surface area contributed by atoms with Crippen LogP contribution in [0.2, 0.25) is 0 Å². The second kappa shape index (κ2) is 7.34. The Morgan fingerprint density at radius 1 is 1.08 bits per heavy atom. The molecule has 0 aliphatic rings. The average molecular weight is 334 g/mol.